The van der Waals surface area contributed by atoms with Crippen LogP contribution in [-0.4, -0.2) is 18.6 Å². The van der Waals surface area contributed by atoms with Crippen LogP contribution in [0.25, 0.3) is 0 Å². The van der Waals surface area contributed by atoms with E-state index in [0.717, 1.165) is 13.0 Å². The van der Waals surface area contributed by atoms with Gasteiger partial charge in [0.05, 0.1) is 12.7 Å². The highest BCUT2D eigenvalue weighted by Crippen LogP contribution is 2.18. The first-order valence-electron chi connectivity index (χ1n) is 7.28. The van der Waals surface area contributed by atoms with E-state index in [-0.39, 0.29) is 5.91 Å². The van der Waals surface area contributed by atoms with Gasteiger partial charge in [-0.15, -0.1) is 0 Å². The van der Waals surface area contributed by atoms with Crippen LogP contribution in [-0.2, 0) is 9.53 Å². The summed E-state index contributed by atoms with van der Waals surface area (Å²) >= 11 is 0. The Bertz CT molecular complexity index is 270. The van der Waals surface area contributed by atoms with Crippen molar-refractivity contribution in [3.05, 3.63) is 11.6 Å². The van der Waals surface area contributed by atoms with Crippen molar-refractivity contribution < 1.29 is 9.53 Å². The maximum absolute atomic E-state index is 10.8. The normalized spacial score (nSPS) is 18.9. The minimum absolute atomic E-state index is 0.297. The molecule has 0 aromatic rings. The monoisotopic (exact) mass is 253 g/mol. The first-order chi connectivity index (χ1) is 8.70. The van der Waals surface area contributed by atoms with Gasteiger partial charge in [-0.05, 0) is 26.2 Å². The van der Waals surface area contributed by atoms with Gasteiger partial charge in [-0.1, -0.05) is 44.6 Å². The Labute approximate surface area is 111 Å². The Hall–Kier alpha value is -0.830. The zero-order valence-electron chi connectivity index (χ0n) is 11.6. The number of hydrogen-bond donors (Lipinski definition) is 1. The van der Waals surface area contributed by atoms with E-state index in [9.17, 15) is 4.79 Å². The molecule has 1 aliphatic heterocycles. The maximum atomic E-state index is 10.8. The van der Waals surface area contributed by atoms with E-state index < -0.39 is 0 Å². The van der Waals surface area contributed by atoms with E-state index in [0.29, 0.717) is 11.7 Å². The molecular weight excluding hydrogens is 226 g/mol. The zero-order chi connectivity index (χ0) is 13.2. The van der Waals surface area contributed by atoms with Crippen molar-refractivity contribution in [2.45, 2.75) is 70.8 Å². The molecule has 3 nitrogen and oxygen atoms in total. The number of allylic oxidation sites excluding steroid dienone is 1. The Balaban J connectivity index is 1.77. The van der Waals surface area contributed by atoms with Gasteiger partial charge >= 0.3 is 0 Å². The molecule has 0 spiro atoms. The quantitative estimate of drug-likeness (QED) is 0.349. The van der Waals surface area contributed by atoms with Gasteiger partial charge < -0.3 is 10.5 Å². The summed E-state index contributed by atoms with van der Waals surface area (Å²) in [5.41, 5.74) is 5.85. The third kappa shape index (κ3) is 8.29. The number of nitrogens with two attached hydrogens (primary N) is 1. The third-order valence-corrected chi connectivity index (χ3v) is 3.47. The van der Waals surface area contributed by atoms with Crippen LogP contribution < -0.4 is 5.73 Å². The molecule has 1 fully saturated rings. The second-order valence-electron chi connectivity index (χ2n) is 5.26. The Morgan fingerprint density at radius 2 is 1.72 bits per heavy atom. The van der Waals surface area contributed by atoms with Crippen molar-refractivity contribution in [2.24, 2.45) is 5.73 Å². The molecule has 1 atom stereocenters. The zero-order valence-corrected chi connectivity index (χ0v) is 11.6. The van der Waals surface area contributed by atoms with Crippen molar-refractivity contribution in [1.29, 1.82) is 0 Å². The lowest BCUT2D eigenvalue weighted by atomic mass is 10.1. The molecule has 1 aliphatic rings. The van der Waals surface area contributed by atoms with Gasteiger partial charge in [0.25, 0.3) is 0 Å². The van der Waals surface area contributed by atoms with Crippen LogP contribution in [0.1, 0.15) is 64.7 Å². The SMILES string of the molecule is CC(=CCCCCCCCCCC1CO1)C(N)=O. The van der Waals surface area contributed by atoms with E-state index >= 15 is 0 Å². The summed E-state index contributed by atoms with van der Waals surface area (Å²) in [6.45, 7) is 2.78. The molecule has 0 aromatic heterocycles. The molecule has 1 rings (SSSR count). The lowest BCUT2D eigenvalue weighted by Gasteiger charge is -2.01. The summed E-state index contributed by atoms with van der Waals surface area (Å²) in [6.07, 6.45) is 13.9. The van der Waals surface area contributed by atoms with Crippen LogP contribution in [0.2, 0.25) is 0 Å². The number of carbonyl (C=O) groups is 1. The van der Waals surface area contributed by atoms with E-state index in [1.165, 1.54) is 51.4 Å². The molecule has 0 aliphatic carbocycles. The van der Waals surface area contributed by atoms with Crippen LogP contribution in [0.3, 0.4) is 0 Å². The number of hydrogen-bond acceptors (Lipinski definition) is 2. The fourth-order valence-corrected chi connectivity index (χ4v) is 2.05. The first kappa shape index (κ1) is 15.2. The molecular formula is C15H27NO2. The number of primary amides is 1. The average Bonchev–Trinajstić information content (AvgIpc) is 3.15. The average molecular weight is 253 g/mol. The van der Waals surface area contributed by atoms with Crippen LogP contribution in [0.15, 0.2) is 11.6 Å². The van der Waals surface area contributed by atoms with E-state index in [1.807, 2.05) is 6.08 Å². The second kappa shape index (κ2) is 9.15. The molecule has 18 heavy (non-hydrogen) atoms. The molecule has 1 heterocycles. The molecule has 1 amide bonds. The van der Waals surface area contributed by atoms with E-state index in [1.54, 1.807) is 6.92 Å². The van der Waals surface area contributed by atoms with Crippen molar-refractivity contribution in [3.63, 3.8) is 0 Å². The highest BCUT2D eigenvalue weighted by molar-refractivity contribution is 5.91. The standard InChI is InChI=1S/C15H27NO2/c1-13(15(16)17)10-8-6-4-2-3-5-7-9-11-14-12-18-14/h10,14H,2-9,11-12H2,1H3,(H2,16,17). The summed E-state index contributed by atoms with van der Waals surface area (Å²) in [5, 5.41) is 0. The van der Waals surface area contributed by atoms with Gasteiger partial charge in [-0.3, -0.25) is 4.79 Å². The minimum Gasteiger partial charge on any atom is -0.373 e. The summed E-state index contributed by atoms with van der Waals surface area (Å²) < 4.78 is 5.18. The molecule has 1 saturated heterocycles. The van der Waals surface area contributed by atoms with Crippen molar-refractivity contribution in [1.82, 2.24) is 0 Å². The van der Waals surface area contributed by atoms with Crippen molar-refractivity contribution in [2.75, 3.05) is 6.61 Å². The molecule has 0 saturated carbocycles. The molecule has 3 heteroatoms. The predicted octanol–water partition coefficient (Wildman–Crippen LogP) is 3.33. The molecule has 1 unspecified atom stereocenters. The first-order valence-corrected chi connectivity index (χ1v) is 7.28. The number of epoxide rings is 1. The molecule has 0 aromatic carbocycles. The number of ether oxygens (including phenoxy) is 1. The molecule has 0 bridgehead atoms. The minimum atomic E-state index is -0.297. The number of rotatable bonds is 11. The van der Waals surface area contributed by atoms with Gasteiger partial charge in [0.1, 0.15) is 0 Å². The van der Waals surface area contributed by atoms with Crippen molar-refractivity contribution in [3.8, 4) is 0 Å². The van der Waals surface area contributed by atoms with Crippen LogP contribution >= 0.6 is 0 Å². The van der Waals surface area contributed by atoms with Gasteiger partial charge in [0, 0.05) is 5.57 Å². The Morgan fingerprint density at radius 1 is 1.17 bits per heavy atom. The summed E-state index contributed by atoms with van der Waals surface area (Å²) in [4.78, 5) is 10.8. The fraction of sp³-hybridized carbons (Fsp3) is 0.800. The lowest BCUT2D eigenvalue weighted by Crippen LogP contribution is -2.11. The van der Waals surface area contributed by atoms with Gasteiger partial charge in [0.15, 0.2) is 0 Å². The Morgan fingerprint density at radius 3 is 2.28 bits per heavy atom. The number of carbonyl (C=O) groups excluding carboxylic acids is 1. The predicted molar refractivity (Wildman–Crippen MR) is 74.2 cm³/mol. The summed E-state index contributed by atoms with van der Waals surface area (Å²) in [6, 6.07) is 0. The summed E-state index contributed by atoms with van der Waals surface area (Å²) in [7, 11) is 0. The highest BCUT2D eigenvalue weighted by Gasteiger charge is 2.20. The summed E-state index contributed by atoms with van der Waals surface area (Å²) in [5.74, 6) is -0.297. The van der Waals surface area contributed by atoms with E-state index in [2.05, 4.69) is 0 Å². The van der Waals surface area contributed by atoms with Gasteiger partial charge in [0.2, 0.25) is 5.91 Å². The smallest absolute Gasteiger partial charge is 0.244 e. The van der Waals surface area contributed by atoms with Gasteiger partial charge in [-0.25, -0.2) is 0 Å². The molecule has 2 N–H and O–H groups in total. The fourth-order valence-electron chi connectivity index (χ4n) is 2.05. The molecule has 0 radical (unpaired) electrons. The number of amides is 1. The lowest BCUT2D eigenvalue weighted by molar-refractivity contribution is -0.114. The number of unbranched alkanes of at least 4 members (excludes halogenated alkanes) is 7. The van der Waals surface area contributed by atoms with E-state index in [4.69, 9.17) is 10.5 Å². The Kier molecular flexibility index (Phi) is 7.74. The second-order valence-corrected chi connectivity index (χ2v) is 5.26. The van der Waals surface area contributed by atoms with Gasteiger partial charge in [-0.2, -0.15) is 0 Å². The largest absolute Gasteiger partial charge is 0.373 e. The van der Waals surface area contributed by atoms with Crippen LogP contribution in [0, 0.1) is 0 Å². The van der Waals surface area contributed by atoms with Crippen LogP contribution in [0.4, 0.5) is 0 Å². The maximum Gasteiger partial charge on any atom is 0.244 e. The highest BCUT2D eigenvalue weighted by atomic mass is 16.6. The third-order valence-electron chi connectivity index (χ3n) is 3.47. The van der Waals surface area contributed by atoms with Crippen molar-refractivity contribution >= 4 is 5.91 Å². The van der Waals surface area contributed by atoms with Crippen LogP contribution in [0.5, 0.6) is 0 Å². The molecule has 104 valence electrons. The topological polar surface area (TPSA) is 55.6 Å².